The van der Waals surface area contributed by atoms with E-state index in [9.17, 15) is 9.59 Å². The van der Waals surface area contributed by atoms with Gasteiger partial charge in [-0.1, -0.05) is 30.3 Å². The van der Waals surface area contributed by atoms with Crippen LogP contribution in [0.3, 0.4) is 0 Å². The lowest BCUT2D eigenvalue weighted by Crippen LogP contribution is -2.29. The Hall–Kier alpha value is -2.61. The van der Waals surface area contributed by atoms with Crippen molar-refractivity contribution in [2.75, 3.05) is 19.0 Å². The quantitative estimate of drug-likeness (QED) is 0.606. The number of methoxy groups -OCH3 is 1. The first-order valence-electron chi connectivity index (χ1n) is 8.99. The molecule has 0 saturated carbocycles. The minimum absolute atomic E-state index is 0. The highest BCUT2D eigenvalue weighted by atomic mass is 35.5. The summed E-state index contributed by atoms with van der Waals surface area (Å²) >= 11 is 1.43. The maximum atomic E-state index is 12.4. The Bertz CT molecular complexity index is 986. The predicted octanol–water partition coefficient (Wildman–Crippen LogP) is 4.36. The average Bonchev–Trinajstić information content (AvgIpc) is 3.36. The van der Waals surface area contributed by atoms with Crippen molar-refractivity contribution < 1.29 is 18.7 Å². The molecule has 0 spiro atoms. The smallest absolute Gasteiger partial charge is 0.341 e. The van der Waals surface area contributed by atoms with E-state index in [1.807, 2.05) is 18.2 Å². The van der Waals surface area contributed by atoms with Gasteiger partial charge in [0.2, 0.25) is 0 Å². The van der Waals surface area contributed by atoms with Crippen molar-refractivity contribution in [1.29, 1.82) is 0 Å². The molecule has 1 aliphatic heterocycles. The van der Waals surface area contributed by atoms with E-state index in [1.54, 1.807) is 12.1 Å². The second-order valence-electron chi connectivity index (χ2n) is 6.58. The summed E-state index contributed by atoms with van der Waals surface area (Å²) in [5, 5.41) is 3.33. The summed E-state index contributed by atoms with van der Waals surface area (Å²) in [4.78, 5) is 28.2. The van der Waals surface area contributed by atoms with E-state index in [0.717, 1.165) is 36.5 Å². The van der Waals surface area contributed by atoms with E-state index in [4.69, 9.17) is 9.15 Å². The van der Waals surface area contributed by atoms with Crippen LogP contribution in [0.1, 0.15) is 36.9 Å². The van der Waals surface area contributed by atoms with Gasteiger partial charge in [-0.15, -0.1) is 23.7 Å². The van der Waals surface area contributed by atoms with E-state index in [-0.39, 0.29) is 24.1 Å². The van der Waals surface area contributed by atoms with Gasteiger partial charge in [0.15, 0.2) is 5.76 Å². The number of hydrogen-bond donors (Lipinski definition) is 1. The van der Waals surface area contributed by atoms with Gasteiger partial charge in [-0.3, -0.25) is 9.69 Å². The molecule has 4 rings (SSSR count). The van der Waals surface area contributed by atoms with Gasteiger partial charge in [0.25, 0.3) is 5.91 Å². The summed E-state index contributed by atoms with van der Waals surface area (Å²) in [6.45, 7) is 2.42. The zero-order chi connectivity index (χ0) is 19.5. The maximum Gasteiger partial charge on any atom is 0.341 e. The summed E-state index contributed by atoms with van der Waals surface area (Å²) < 4.78 is 10.1. The number of thiophene rings is 1. The van der Waals surface area contributed by atoms with Crippen LogP contribution < -0.4 is 5.32 Å². The molecule has 0 atom stereocenters. The molecule has 8 heteroatoms. The number of amides is 1. The van der Waals surface area contributed by atoms with Crippen molar-refractivity contribution in [1.82, 2.24) is 4.90 Å². The highest BCUT2D eigenvalue weighted by Gasteiger charge is 2.29. The highest BCUT2D eigenvalue weighted by molar-refractivity contribution is 7.17. The number of rotatable bonds is 5. The lowest BCUT2D eigenvalue weighted by molar-refractivity contribution is 0.0600. The molecular weight excluding hydrogens is 412 g/mol. The molecule has 0 saturated heterocycles. The third kappa shape index (κ3) is 4.53. The summed E-state index contributed by atoms with van der Waals surface area (Å²) in [6, 6.07) is 13.5. The minimum Gasteiger partial charge on any atom is -0.465 e. The van der Waals surface area contributed by atoms with Crippen LogP contribution >= 0.6 is 23.7 Å². The molecule has 152 valence electrons. The molecule has 0 radical (unpaired) electrons. The minimum atomic E-state index is -0.427. The van der Waals surface area contributed by atoms with Gasteiger partial charge in [0.1, 0.15) is 5.00 Å². The van der Waals surface area contributed by atoms with Crippen LogP contribution in [-0.4, -0.2) is 30.4 Å². The van der Waals surface area contributed by atoms with Gasteiger partial charge in [-0.05, 0) is 29.7 Å². The first kappa shape index (κ1) is 21.1. The predicted molar refractivity (Wildman–Crippen MR) is 114 cm³/mol. The third-order valence-corrected chi connectivity index (χ3v) is 5.88. The van der Waals surface area contributed by atoms with Crippen molar-refractivity contribution >= 4 is 40.6 Å². The van der Waals surface area contributed by atoms with E-state index in [0.29, 0.717) is 10.6 Å². The van der Waals surface area contributed by atoms with Crippen LogP contribution in [-0.2, 0) is 24.2 Å². The van der Waals surface area contributed by atoms with Crippen molar-refractivity contribution in [3.05, 3.63) is 76.1 Å². The van der Waals surface area contributed by atoms with Crippen LogP contribution in [0.5, 0.6) is 0 Å². The molecule has 3 aromatic rings. The Kier molecular flexibility index (Phi) is 6.74. The van der Waals surface area contributed by atoms with Crippen molar-refractivity contribution in [3.63, 3.8) is 0 Å². The highest BCUT2D eigenvalue weighted by Crippen LogP contribution is 2.38. The number of anilines is 1. The molecular formula is C21H21ClN2O4S. The number of hydrogen-bond acceptors (Lipinski definition) is 6. The van der Waals surface area contributed by atoms with Crippen LogP contribution in [0, 0.1) is 0 Å². The first-order valence-corrected chi connectivity index (χ1v) is 9.81. The topological polar surface area (TPSA) is 71.8 Å². The second kappa shape index (κ2) is 9.26. The standard InChI is InChI=1S/C21H20N2O4S.ClH/c1-26-21(25)18-15-9-10-23(12-14-6-3-2-4-7-14)13-17(15)28-20(18)22-19(24)16-8-5-11-27-16;/h2-8,11H,9-10,12-13H2,1H3,(H,22,24);1H. The van der Waals surface area contributed by atoms with Crippen LogP contribution in [0.25, 0.3) is 0 Å². The molecule has 3 heterocycles. The van der Waals surface area contributed by atoms with Crippen LogP contribution in [0.2, 0.25) is 0 Å². The first-order chi connectivity index (χ1) is 13.7. The second-order valence-corrected chi connectivity index (χ2v) is 7.68. The van der Waals surface area contributed by atoms with E-state index < -0.39 is 5.97 Å². The molecule has 1 N–H and O–H groups in total. The molecule has 29 heavy (non-hydrogen) atoms. The molecule has 6 nitrogen and oxygen atoms in total. The summed E-state index contributed by atoms with van der Waals surface area (Å²) in [5.74, 6) is -0.605. The summed E-state index contributed by atoms with van der Waals surface area (Å²) in [7, 11) is 1.36. The van der Waals surface area contributed by atoms with Gasteiger partial charge in [0.05, 0.1) is 18.9 Å². The zero-order valence-corrected chi connectivity index (χ0v) is 17.5. The molecule has 0 unspecified atom stereocenters. The third-order valence-electron chi connectivity index (χ3n) is 4.75. The fourth-order valence-electron chi connectivity index (χ4n) is 3.41. The van der Waals surface area contributed by atoms with E-state index in [2.05, 4.69) is 22.3 Å². The van der Waals surface area contributed by atoms with Gasteiger partial charge < -0.3 is 14.5 Å². The number of benzene rings is 1. The number of furan rings is 1. The molecule has 1 aliphatic rings. The molecule has 2 aromatic heterocycles. The number of carbonyl (C=O) groups is 2. The lowest BCUT2D eigenvalue weighted by Gasteiger charge is -2.27. The SMILES string of the molecule is COC(=O)c1c(NC(=O)c2ccco2)sc2c1CCN(Cc1ccccc1)C2.Cl. The fourth-order valence-corrected chi connectivity index (χ4v) is 4.68. The van der Waals surface area contributed by atoms with Gasteiger partial charge in [-0.2, -0.15) is 0 Å². The molecule has 0 bridgehead atoms. The Balaban J connectivity index is 0.00000240. The fraction of sp³-hybridized carbons (Fsp3) is 0.238. The monoisotopic (exact) mass is 432 g/mol. The molecule has 1 aromatic carbocycles. The Labute approximate surface area is 178 Å². The average molecular weight is 433 g/mol. The van der Waals surface area contributed by atoms with Crippen molar-refractivity contribution in [2.24, 2.45) is 0 Å². The number of nitrogens with zero attached hydrogens (tertiary/aromatic N) is 1. The molecule has 1 amide bonds. The zero-order valence-electron chi connectivity index (χ0n) is 15.8. The number of ether oxygens (including phenoxy) is 1. The maximum absolute atomic E-state index is 12.4. The van der Waals surface area contributed by atoms with Crippen molar-refractivity contribution in [2.45, 2.75) is 19.5 Å². The van der Waals surface area contributed by atoms with Gasteiger partial charge >= 0.3 is 5.97 Å². The Morgan fingerprint density at radius 2 is 2.00 bits per heavy atom. The van der Waals surface area contributed by atoms with E-state index in [1.165, 1.54) is 30.3 Å². The molecule has 0 aliphatic carbocycles. The lowest BCUT2D eigenvalue weighted by atomic mass is 10.0. The van der Waals surface area contributed by atoms with Crippen LogP contribution in [0.4, 0.5) is 5.00 Å². The number of fused-ring (bicyclic) bond motifs is 1. The normalized spacial score (nSPS) is 13.3. The van der Waals surface area contributed by atoms with Gasteiger partial charge in [-0.25, -0.2) is 4.79 Å². The largest absolute Gasteiger partial charge is 0.465 e. The Morgan fingerprint density at radius 3 is 2.69 bits per heavy atom. The van der Waals surface area contributed by atoms with E-state index >= 15 is 0 Å². The van der Waals surface area contributed by atoms with Crippen LogP contribution in [0.15, 0.2) is 53.1 Å². The molecule has 0 fully saturated rings. The van der Waals surface area contributed by atoms with Crippen molar-refractivity contribution in [3.8, 4) is 0 Å². The Morgan fingerprint density at radius 1 is 1.21 bits per heavy atom. The summed E-state index contributed by atoms with van der Waals surface area (Å²) in [5.41, 5.74) is 2.68. The number of halogens is 1. The number of esters is 1. The summed E-state index contributed by atoms with van der Waals surface area (Å²) in [6.07, 6.45) is 2.18. The van der Waals surface area contributed by atoms with Gasteiger partial charge in [0, 0.05) is 24.5 Å². The number of carbonyl (C=O) groups excluding carboxylic acids is 2. The number of nitrogens with one attached hydrogen (secondary N) is 1.